The summed E-state index contributed by atoms with van der Waals surface area (Å²) in [5.41, 5.74) is 9.65. The number of phenolic OH excluding ortho intramolecular Hbond substituents is 1. The fourth-order valence-corrected chi connectivity index (χ4v) is 4.25. The zero-order valence-electron chi connectivity index (χ0n) is 16.5. The van der Waals surface area contributed by atoms with E-state index in [1.54, 1.807) is 12.1 Å². The number of aromatic nitrogens is 1. The first-order chi connectivity index (χ1) is 14.0. The molecule has 0 spiro atoms. The molecule has 6 heteroatoms. The number of hydrogen-bond acceptors (Lipinski definition) is 5. The van der Waals surface area contributed by atoms with E-state index in [-0.39, 0.29) is 11.7 Å². The first-order valence-electron chi connectivity index (χ1n) is 9.90. The van der Waals surface area contributed by atoms with Crippen LogP contribution < -0.4 is 5.73 Å². The van der Waals surface area contributed by atoms with Crippen molar-refractivity contribution in [1.82, 2.24) is 9.88 Å². The van der Waals surface area contributed by atoms with Gasteiger partial charge in [0.15, 0.2) is 5.13 Å². The molecule has 29 heavy (non-hydrogen) atoms. The standard InChI is InChI=1S/C23H25N3O2S/c1-15-3-2-4-18(13-15)21-20(25-23(24)29-21)22(28)26(14-17-5-6-17)12-11-16-7-9-19(27)10-8-16/h2-4,7-10,13,17,27H,5-6,11-12,14H2,1H3,(H2,24,25). The van der Waals surface area contributed by atoms with Crippen LogP contribution in [0, 0.1) is 12.8 Å². The Morgan fingerprint density at radius 2 is 2.00 bits per heavy atom. The average Bonchev–Trinajstić information content (AvgIpc) is 3.44. The lowest BCUT2D eigenvalue weighted by Gasteiger charge is -2.22. The van der Waals surface area contributed by atoms with Gasteiger partial charge in [0.05, 0.1) is 4.88 Å². The number of hydrogen-bond donors (Lipinski definition) is 2. The number of aromatic hydroxyl groups is 1. The smallest absolute Gasteiger partial charge is 0.274 e. The van der Waals surface area contributed by atoms with E-state index in [4.69, 9.17) is 5.73 Å². The highest BCUT2D eigenvalue weighted by Crippen LogP contribution is 2.35. The molecule has 1 amide bonds. The second kappa shape index (κ2) is 8.25. The number of nitrogens with two attached hydrogens (primary N) is 1. The molecule has 0 atom stereocenters. The third-order valence-corrected chi connectivity index (χ3v) is 6.13. The van der Waals surface area contributed by atoms with E-state index in [0.29, 0.717) is 23.3 Å². The van der Waals surface area contributed by atoms with Gasteiger partial charge in [0.1, 0.15) is 11.4 Å². The van der Waals surface area contributed by atoms with Gasteiger partial charge in [-0.2, -0.15) is 0 Å². The molecule has 0 unspecified atom stereocenters. The van der Waals surface area contributed by atoms with E-state index in [2.05, 4.69) is 11.1 Å². The zero-order valence-corrected chi connectivity index (χ0v) is 17.3. The Bertz CT molecular complexity index is 1010. The summed E-state index contributed by atoms with van der Waals surface area (Å²) in [7, 11) is 0. The van der Waals surface area contributed by atoms with Crippen molar-refractivity contribution in [2.45, 2.75) is 26.2 Å². The number of aryl methyl sites for hydroxylation is 1. The van der Waals surface area contributed by atoms with E-state index in [1.165, 1.54) is 24.2 Å². The average molecular weight is 408 g/mol. The molecule has 2 aromatic carbocycles. The van der Waals surface area contributed by atoms with E-state index in [9.17, 15) is 9.90 Å². The van der Waals surface area contributed by atoms with Gasteiger partial charge in [0, 0.05) is 13.1 Å². The summed E-state index contributed by atoms with van der Waals surface area (Å²) in [6.45, 7) is 3.40. The van der Waals surface area contributed by atoms with Crippen LogP contribution in [0.1, 0.15) is 34.5 Å². The second-order valence-corrected chi connectivity index (χ2v) is 8.74. The molecule has 0 aliphatic heterocycles. The minimum absolute atomic E-state index is 0.0554. The maximum absolute atomic E-state index is 13.5. The van der Waals surface area contributed by atoms with Gasteiger partial charge in [0.2, 0.25) is 0 Å². The number of benzene rings is 2. The van der Waals surface area contributed by atoms with Crippen molar-refractivity contribution in [3.8, 4) is 16.2 Å². The number of rotatable bonds is 7. The fourth-order valence-electron chi connectivity index (χ4n) is 3.43. The highest BCUT2D eigenvalue weighted by Gasteiger charge is 2.30. The van der Waals surface area contributed by atoms with Crippen molar-refractivity contribution < 1.29 is 9.90 Å². The molecule has 1 fully saturated rings. The number of carbonyl (C=O) groups excluding carboxylic acids is 1. The predicted octanol–water partition coefficient (Wildman–Crippen LogP) is 4.50. The molecule has 3 aromatic rings. The Hall–Kier alpha value is -2.86. The molecule has 1 aromatic heterocycles. The Morgan fingerprint density at radius 3 is 2.69 bits per heavy atom. The van der Waals surface area contributed by atoms with Gasteiger partial charge >= 0.3 is 0 Å². The molecule has 3 N–H and O–H groups in total. The van der Waals surface area contributed by atoms with Gasteiger partial charge in [-0.1, -0.05) is 53.3 Å². The zero-order chi connectivity index (χ0) is 20.4. The normalized spacial score (nSPS) is 13.4. The van der Waals surface area contributed by atoms with Crippen molar-refractivity contribution in [1.29, 1.82) is 0 Å². The topological polar surface area (TPSA) is 79.5 Å². The molecule has 1 aliphatic rings. The van der Waals surface area contributed by atoms with Gasteiger partial charge in [-0.15, -0.1) is 0 Å². The van der Waals surface area contributed by atoms with Crippen LogP contribution in [0.4, 0.5) is 5.13 Å². The van der Waals surface area contributed by atoms with Crippen molar-refractivity contribution in [2.75, 3.05) is 18.8 Å². The monoisotopic (exact) mass is 407 g/mol. The Morgan fingerprint density at radius 1 is 1.24 bits per heavy atom. The highest BCUT2D eigenvalue weighted by atomic mass is 32.1. The van der Waals surface area contributed by atoms with E-state index < -0.39 is 0 Å². The number of anilines is 1. The van der Waals surface area contributed by atoms with Crippen molar-refractivity contribution in [2.24, 2.45) is 5.92 Å². The van der Waals surface area contributed by atoms with Gasteiger partial charge in [-0.25, -0.2) is 4.98 Å². The highest BCUT2D eigenvalue weighted by molar-refractivity contribution is 7.19. The quantitative estimate of drug-likeness (QED) is 0.604. The van der Waals surface area contributed by atoms with Crippen molar-refractivity contribution in [3.63, 3.8) is 0 Å². The SMILES string of the molecule is Cc1cccc(-c2sc(N)nc2C(=O)N(CCc2ccc(O)cc2)CC2CC2)c1. The molecule has 150 valence electrons. The maximum Gasteiger partial charge on any atom is 0.274 e. The van der Waals surface area contributed by atoms with E-state index in [0.717, 1.165) is 34.5 Å². The number of carbonyl (C=O) groups is 1. The molecule has 1 heterocycles. The van der Waals surface area contributed by atoms with Gasteiger partial charge in [0.25, 0.3) is 5.91 Å². The lowest BCUT2D eigenvalue weighted by molar-refractivity contribution is 0.0745. The molecule has 1 saturated carbocycles. The molecular weight excluding hydrogens is 382 g/mol. The summed E-state index contributed by atoms with van der Waals surface area (Å²) in [6, 6.07) is 15.2. The lowest BCUT2D eigenvalue weighted by Crippen LogP contribution is -2.35. The Labute approximate surface area is 174 Å². The van der Waals surface area contributed by atoms with Crippen molar-refractivity contribution >= 4 is 22.4 Å². The predicted molar refractivity (Wildman–Crippen MR) is 117 cm³/mol. The van der Waals surface area contributed by atoms with Crippen molar-refractivity contribution in [3.05, 3.63) is 65.4 Å². The van der Waals surface area contributed by atoms with E-state index >= 15 is 0 Å². The summed E-state index contributed by atoms with van der Waals surface area (Å²) in [5, 5.41) is 9.89. The van der Waals surface area contributed by atoms with Crippen LogP contribution in [-0.2, 0) is 6.42 Å². The molecular formula is C23H25N3O2S. The summed E-state index contributed by atoms with van der Waals surface area (Å²) in [6.07, 6.45) is 3.08. The third-order valence-electron chi connectivity index (χ3n) is 5.20. The molecule has 4 rings (SSSR count). The number of thiazole rings is 1. The lowest BCUT2D eigenvalue weighted by atomic mass is 10.1. The first kappa shape index (κ1) is 19.5. The first-order valence-corrected chi connectivity index (χ1v) is 10.7. The summed E-state index contributed by atoms with van der Waals surface area (Å²) < 4.78 is 0. The largest absolute Gasteiger partial charge is 0.508 e. The molecule has 0 radical (unpaired) electrons. The van der Waals surface area contributed by atoms with Crippen LogP contribution in [0.25, 0.3) is 10.4 Å². The minimum Gasteiger partial charge on any atom is -0.508 e. The molecule has 0 saturated heterocycles. The third kappa shape index (κ3) is 4.77. The van der Waals surface area contributed by atoms with Gasteiger partial charge in [-0.3, -0.25) is 4.79 Å². The van der Waals surface area contributed by atoms with Gasteiger partial charge < -0.3 is 15.7 Å². The number of nitrogen functional groups attached to an aromatic ring is 1. The summed E-state index contributed by atoms with van der Waals surface area (Å²) in [4.78, 5) is 20.6. The Kier molecular flexibility index (Phi) is 5.53. The number of nitrogens with zero attached hydrogens (tertiary/aromatic N) is 2. The van der Waals surface area contributed by atoms with E-state index in [1.807, 2.05) is 42.2 Å². The Balaban J connectivity index is 1.58. The summed E-state index contributed by atoms with van der Waals surface area (Å²) >= 11 is 1.36. The van der Waals surface area contributed by atoms with Crippen LogP contribution >= 0.6 is 11.3 Å². The molecule has 0 bridgehead atoms. The van der Waals surface area contributed by atoms with Gasteiger partial charge in [-0.05, 0) is 55.4 Å². The maximum atomic E-state index is 13.5. The molecule has 1 aliphatic carbocycles. The van der Waals surface area contributed by atoms with Crippen LogP contribution in [0.2, 0.25) is 0 Å². The fraction of sp³-hybridized carbons (Fsp3) is 0.304. The number of amides is 1. The van der Waals surface area contributed by atoms with Crippen LogP contribution in [0.5, 0.6) is 5.75 Å². The summed E-state index contributed by atoms with van der Waals surface area (Å²) in [5.74, 6) is 0.776. The minimum atomic E-state index is -0.0554. The second-order valence-electron chi connectivity index (χ2n) is 7.71. The molecule has 5 nitrogen and oxygen atoms in total. The van der Waals surface area contributed by atoms with Crippen LogP contribution in [-0.4, -0.2) is 34.0 Å². The number of phenols is 1. The van der Waals surface area contributed by atoms with Crippen LogP contribution in [0.3, 0.4) is 0 Å². The van der Waals surface area contributed by atoms with Crippen LogP contribution in [0.15, 0.2) is 48.5 Å².